The van der Waals surface area contributed by atoms with Crippen LogP contribution in [-0.4, -0.2) is 22.4 Å². The molecule has 0 saturated heterocycles. The normalized spacial score (nSPS) is 22.0. The second-order valence-corrected chi connectivity index (χ2v) is 7.26. The Labute approximate surface area is 148 Å². The number of aromatic nitrogens is 2. The summed E-state index contributed by atoms with van der Waals surface area (Å²) in [6.07, 6.45) is 8.53. The van der Waals surface area contributed by atoms with E-state index in [1.807, 2.05) is 17.9 Å². The molecule has 5 heteroatoms. The Balaban J connectivity index is 1.36. The molecule has 2 N–H and O–H groups in total. The van der Waals surface area contributed by atoms with Crippen molar-refractivity contribution < 1.29 is 4.79 Å². The van der Waals surface area contributed by atoms with Crippen molar-refractivity contribution >= 4 is 6.03 Å². The van der Waals surface area contributed by atoms with Gasteiger partial charge in [0.2, 0.25) is 0 Å². The largest absolute Gasteiger partial charge is 0.338 e. The minimum Gasteiger partial charge on any atom is -0.338 e. The lowest BCUT2D eigenvalue weighted by molar-refractivity contribution is 0.234. The van der Waals surface area contributed by atoms with E-state index in [1.54, 1.807) is 0 Å². The van der Waals surface area contributed by atoms with E-state index in [2.05, 4.69) is 40.0 Å². The molecule has 2 atom stereocenters. The number of fused-ring (bicyclic) bond motifs is 2. The van der Waals surface area contributed by atoms with Crippen LogP contribution >= 0.6 is 0 Å². The summed E-state index contributed by atoms with van der Waals surface area (Å²) in [6.45, 7) is 0.704. The van der Waals surface area contributed by atoms with E-state index in [1.165, 1.54) is 28.8 Å². The zero-order valence-corrected chi connectivity index (χ0v) is 14.8. The fraction of sp³-hybridized carbons (Fsp3) is 0.500. The smallest absolute Gasteiger partial charge is 0.315 e. The van der Waals surface area contributed by atoms with Crippen LogP contribution in [0.2, 0.25) is 0 Å². The molecule has 2 aromatic rings. The van der Waals surface area contributed by atoms with E-state index in [9.17, 15) is 4.79 Å². The first kappa shape index (κ1) is 16.2. The van der Waals surface area contributed by atoms with Crippen LogP contribution < -0.4 is 10.6 Å². The average molecular weight is 338 g/mol. The van der Waals surface area contributed by atoms with Crippen LogP contribution in [0, 0.1) is 0 Å². The molecule has 2 aliphatic carbocycles. The minimum atomic E-state index is -0.0650. The molecule has 0 saturated carbocycles. The maximum atomic E-state index is 12.4. The van der Waals surface area contributed by atoms with Crippen molar-refractivity contribution in [3.63, 3.8) is 0 Å². The minimum absolute atomic E-state index is 0.0650. The number of nitrogens with one attached hydrogen (secondary N) is 2. The summed E-state index contributed by atoms with van der Waals surface area (Å²) in [4.78, 5) is 12.4. The first-order valence-corrected chi connectivity index (χ1v) is 9.35. The van der Waals surface area contributed by atoms with Crippen molar-refractivity contribution in [2.45, 2.75) is 50.5 Å². The van der Waals surface area contributed by atoms with Crippen molar-refractivity contribution in [1.82, 2.24) is 20.4 Å². The molecule has 0 unspecified atom stereocenters. The zero-order valence-electron chi connectivity index (χ0n) is 14.8. The predicted molar refractivity (Wildman–Crippen MR) is 97.5 cm³/mol. The molecule has 2 aliphatic rings. The monoisotopic (exact) mass is 338 g/mol. The molecule has 0 bridgehead atoms. The Hall–Kier alpha value is -2.30. The van der Waals surface area contributed by atoms with Crippen LogP contribution in [0.5, 0.6) is 0 Å². The van der Waals surface area contributed by atoms with Gasteiger partial charge in [-0.25, -0.2) is 4.79 Å². The molecule has 1 heterocycles. The summed E-state index contributed by atoms with van der Waals surface area (Å²) < 4.78 is 1.93. The van der Waals surface area contributed by atoms with Crippen molar-refractivity contribution in [2.75, 3.05) is 6.54 Å². The number of aryl methyl sites for hydroxylation is 2. The average Bonchev–Trinajstić information content (AvgIpc) is 3.02. The first-order chi connectivity index (χ1) is 12.2. The molecule has 4 rings (SSSR count). The Bertz CT molecular complexity index is 767. The van der Waals surface area contributed by atoms with Crippen LogP contribution in [0.25, 0.3) is 0 Å². The number of carbonyl (C=O) groups excluding carboxylic acids is 1. The topological polar surface area (TPSA) is 59.0 Å². The van der Waals surface area contributed by atoms with Crippen LogP contribution in [0.4, 0.5) is 4.79 Å². The van der Waals surface area contributed by atoms with Gasteiger partial charge in [-0.15, -0.1) is 0 Å². The fourth-order valence-electron chi connectivity index (χ4n) is 4.35. The zero-order chi connectivity index (χ0) is 17.2. The standard InChI is InChI=1S/C20H26N4O/c1-24-19-11-5-10-18(17(19)13-22-24)23-20(25)21-12-15-8-4-7-14-6-2-3-9-16(14)15/h2-3,6,9,13,15,18H,4-5,7-8,10-12H2,1H3,(H2,21,23,25)/t15-,18+/m0/s1. The third-order valence-corrected chi connectivity index (χ3v) is 5.68. The Kier molecular flexibility index (Phi) is 4.47. The summed E-state index contributed by atoms with van der Waals surface area (Å²) in [5.41, 5.74) is 5.26. The maximum absolute atomic E-state index is 12.4. The van der Waals surface area contributed by atoms with Crippen molar-refractivity contribution in [2.24, 2.45) is 7.05 Å². The second kappa shape index (κ2) is 6.90. The number of amides is 2. The summed E-state index contributed by atoms with van der Waals surface area (Å²) in [5, 5.41) is 10.6. The molecule has 132 valence electrons. The highest BCUT2D eigenvalue weighted by Crippen LogP contribution is 2.31. The summed E-state index contributed by atoms with van der Waals surface area (Å²) >= 11 is 0. The van der Waals surface area contributed by atoms with E-state index >= 15 is 0 Å². The van der Waals surface area contributed by atoms with Gasteiger partial charge in [0, 0.05) is 30.8 Å². The lowest BCUT2D eigenvalue weighted by Crippen LogP contribution is -2.41. The number of urea groups is 1. The van der Waals surface area contributed by atoms with E-state index < -0.39 is 0 Å². The summed E-state index contributed by atoms with van der Waals surface area (Å²) in [6, 6.07) is 8.65. The molecule has 0 aliphatic heterocycles. The molecule has 0 fully saturated rings. The van der Waals surface area contributed by atoms with Gasteiger partial charge in [0.25, 0.3) is 0 Å². The maximum Gasteiger partial charge on any atom is 0.315 e. The van der Waals surface area contributed by atoms with Crippen molar-refractivity contribution in [1.29, 1.82) is 0 Å². The Morgan fingerprint density at radius 3 is 2.96 bits per heavy atom. The molecular weight excluding hydrogens is 312 g/mol. The second-order valence-electron chi connectivity index (χ2n) is 7.26. The quantitative estimate of drug-likeness (QED) is 0.903. The summed E-state index contributed by atoms with van der Waals surface area (Å²) in [7, 11) is 1.97. The highest BCUT2D eigenvalue weighted by atomic mass is 16.2. The van der Waals surface area contributed by atoms with Gasteiger partial charge in [0.05, 0.1) is 12.2 Å². The SMILES string of the molecule is Cn1ncc2c1CCC[C@H]2NC(=O)NC[C@@H]1CCCc2ccccc21. The number of hydrogen-bond acceptors (Lipinski definition) is 2. The van der Waals surface area contributed by atoms with Crippen LogP contribution in [0.15, 0.2) is 30.5 Å². The van der Waals surface area contributed by atoms with Gasteiger partial charge in [-0.3, -0.25) is 4.68 Å². The molecule has 1 aromatic carbocycles. The highest BCUT2D eigenvalue weighted by molar-refractivity contribution is 5.74. The number of hydrogen-bond donors (Lipinski definition) is 2. The van der Waals surface area contributed by atoms with Gasteiger partial charge >= 0.3 is 6.03 Å². The van der Waals surface area contributed by atoms with Gasteiger partial charge in [0.15, 0.2) is 0 Å². The summed E-state index contributed by atoms with van der Waals surface area (Å²) in [5.74, 6) is 0.427. The Morgan fingerprint density at radius 2 is 2.04 bits per heavy atom. The third-order valence-electron chi connectivity index (χ3n) is 5.68. The van der Waals surface area contributed by atoms with E-state index in [0.717, 1.165) is 32.1 Å². The molecule has 1 aromatic heterocycles. The Morgan fingerprint density at radius 1 is 1.20 bits per heavy atom. The van der Waals surface area contributed by atoms with Crippen LogP contribution in [-0.2, 0) is 19.9 Å². The molecule has 2 amide bonds. The molecule has 0 spiro atoms. The van der Waals surface area contributed by atoms with E-state index in [4.69, 9.17) is 0 Å². The molecule has 0 radical (unpaired) electrons. The molecule has 25 heavy (non-hydrogen) atoms. The van der Waals surface area contributed by atoms with Gasteiger partial charge < -0.3 is 10.6 Å². The number of benzene rings is 1. The van der Waals surface area contributed by atoms with Gasteiger partial charge in [-0.2, -0.15) is 5.10 Å². The van der Waals surface area contributed by atoms with Crippen LogP contribution in [0.3, 0.4) is 0 Å². The lowest BCUT2D eigenvalue weighted by atomic mass is 9.83. The van der Waals surface area contributed by atoms with Gasteiger partial charge in [-0.05, 0) is 49.7 Å². The van der Waals surface area contributed by atoms with Crippen molar-refractivity contribution in [3.05, 3.63) is 52.8 Å². The molecular formula is C20H26N4O. The van der Waals surface area contributed by atoms with Gasteiger partial charge in [0.1, 0.15) is 0 Å². The molecule has 5 nitrogen and oxygen atoms in total. The highest BCUT2D eigenvalue weighted by Gasteiger charge is 2.25. The number of nitrogens with zero attached hydrogens (tertiary/aromatic N) is 2. The lowest BCUT2D eigenvalue weighted by Gasteiger charge is -2.27. The number of rotatable bonds is 3. The number of carbonyl (C=O) groups is 1. The van der Waals surface area contributed by atoms with Gasteiger partial charge in [-0.1, -0.05) is 24.3 Å². The first-order valence-electron chi connectivity index (χ1n) is 9.35. The predicted octanol–water partition coefficient (Wildman–Crippen LogP) is 3.22. The van der Waals surface area contributed by atoms with Crippen molar-refractivity contribution in [3.8, 4) is 0 Å². The van der Waals surface area contributed by atoms with E-state index in [0.29, 0.717) is 12.5 Å². The van der Waals surface area contributed by atoms with Crippen LogP contribution in [0.1, 0.15) is 60.0 Å². The third kappa shape index (κ3) is 3.28. The van der Waals surface area contributed by atoms with E-state index in [-0.39, 0.29) is 12.1 Å². The fourth-order valence-corrected chi connectivity index (χ4v) is 4.35.